The Hall–Kier alpha value is -0.680. The zero-order valence-electron chi connectivity index (χ0n) is 8.99. The van der Waals surface area contributed by atoms with E-state index < -0.39 is 0 Å². The molecule has 1 rings (SSSR count). The van der Waals surface area contributed by atoms with Crippen molar-refractivity contribution in [2.45, 2.75) is 6.54 Å². The molecule has 0 heterocycles. The molecular weight excluding hydrogens is 233 g/mol. The van der Waals surface area contributed by atoms with Crippen molar-refractivity contribution in [2.24, 2.45) is 0 Å². The van der Waals surface area contributed by atoms with Gasteiger partial charge < -0.3 is 15.2 Å². The van der Waals surface area contributed by atoms with Crippen LogP contribution in [0.4, 0.5) is 4.39 Å². The molecule has 1 aromatic rings. The molecule has 1 aromatic carbocycles. The van der Waals surface area contributed by atoms with Crippen molar-refractivity contribution in [3.05, 3.63) is 35.6 Å². The molecule has 0 amide bonds. The lowest BCUT2D eigenvalue weighted by Crippen LogP contribution is -2.19. The highest BCUT2D eigenvalue weighted by molar-refractivity contribution is 5.85. The van der Waals surface area contributed by atoms with E-state index >= 15 is 0 Å². The van der Waals surface area contributed by atoms with Crippen molar-refractivity contribution in [2.75, 3.05) is 26.4 Å². The average Bonchev–Trinajstić information content (AvgIpc) is 2.26. The number of nitrogens with one attached hydrogen (secondary N) is 1. The molecule has 2 N–H and O–H groups in total. The van der Waals surface area contributed by atoms with Gasteiger partial charge in [-0.25, -0.2) is 4.39 Å². The van der Waals surface area contributed by atoms with E-state index in [0.717, 1.165) is 12.1 Å². The molecule has 0 aliphatic carbocycles. The lowest BCUT2D eigenvalue weighted by atomic mass is 10.2. The lowest BCUT2D eigenvalue weighted by Gasteiger charge is -2.05. The van der Waals surface area contributed by atoms with Crippen LogP contribution in [0.5, 0.6) is 0 Å². The van der Waals surface area contributed by atoms with Crippen LogP contribution in [0.25, 0.3) is 0 Å². The largest absolute Gasteiger partial charge is 0.394 e. The highest BCUT2D eigenvalue weighted by Gasteiger charge is 1.93. The molecule has 0 atom stereocenters. The topological polar surface area (TPSA) is 41.5 Å². The van der Waals surface area contributed by atoms with E-state index in [2.05, 4.69) is 5.32 Å². The summed E-state index contributed by atoms with van der Waals surface area (Å²) in [5.41, 5.74) is 1.04. The first kappa shape index (κ1) is 15.3. The predicted molar refractivity (Wildman–Crippen MR) is 63.3 cm³/mol. The molecule has 3 nitrogen and oxygen atoms in total. The van der Waals surface area contributed by atoms with Crippen LogP contribution in [0.2, 0.25) is 0 Å². The Labute approximate surface area is 101 Å². The second kappa shape index (κ2) is 9.54. The van der Waals surface area contributed by atoms with Crippen LogP contribution in [0.15, 0.2) is 24.3 Å². The van der Waals surface area contributed by atoms with Crippen molar-refractivity contribution in [3.8, 4) is 0 Å². The molecular formula is C11H17ClFNO2. The van der Waals surface area contributed by atoms with Gasteiger partial charge in [0.25, 0.3) is 0 Å². The van der Waals surface area contributed by atoms with E-state index in [1.807, 2.05) is 0 Å². The van der Waals surface area contributed by atoms with Crippen molar-refractivity contribution >= 4 is 12.4 Å². The van der Waals surface area contributed by atoms with Gasteiger partial charge in [-0.15, -0.1) is 12.4 Å². The van der Waals surface area contributed by atoms with E-state index in [1.54, 1.807) is 12.1 Å². The van der Waals surface area contributed by atoms with Gasteiger partial charge in [0.05, 0.1) is 19.8 Å². The molecule has 0 aliphatic rings. The number of ether oxygens (including phenoxy) is 1. The Balaban J connectivity index is 0.00000225. The normalized spacial score (nSPS) is 9.88. The Bertz CT molecular complexity index is 269. The number of hydrogen-bond acceptors (Lipinski definition) is 3. The van der Waals surface area contributed by atoms with Gasteiger partial charge >= 0.3 is 0 Å². The number of aliphatic hydroxyl groups is 1. The fourth-order valence-electron chi connectivity index (χ4n) is 1.15. The predicted octanol–water partition coefficient (Wildman–Crippen LogP) is 1.35. The summed E-state index contributed by atoms with van der Waals surface area (Å²) in [4.78, 5) is 0. The summed E-state index contributed by atoms with van der Waals surface area (Å²) in [6, 6.07) is 6.38. The molecule has 5 heteroatoms. The van der Waals surface area contributed by atoms with Crippen molar-refractivity contribution < 1.29 is 14.2 Å². The SMILES string of the molecule is Cl.OCCOCCNCc1ccc(F)cc1. The first-order valence-corrected chi connectivity index (χ1v) is 4.96. The molecule has 0 aromatic heterocycles. The van der Waals surface area contributed by atoms with Gasteiger partial charge in [-0.05, 0) is 17.7 Å². The van der Waals surface area contributed by atoms with Crippen LogP contribution in [-0.2, 0) is 11.3 Å². The van der Waals surface area contributed by atoms with Gasteiger partial charge in [0.2, 0.25) is 0 Å². The van der Waals surface area contributed by atoms with Crippen molar-refractivity contribution in [3.63, 3.8) is 0 Å². The summed E-state index contributed by atoms with van der Waals surface area (Å²) in [5.74, 6) is -0.218. The smallest absolute Gasteiger partial charge is 0.123 e. The van der Waals surface area contributed by atoms with E-state index in [1.165, 1.54) is 12.1 Å². The van der Waals surface area contributed by atoms with Crippen LogP contribution in [-0.4, -0.2) is 31.5 Å². The fraction of sp³-hybridized carbons (Fsp3) is 0.455. The van der Waals surface area contributed by atoms with Crippen molar-refractivity contribution in [1.82, 2.24) is 5.32 Å². The van der Waals surface area contributed by atoms with Gasteiger partial charge in [-0.3, -0.25) is 0 Å². The highest BCUT2D eigenvalue weighted by Crippen LogP contribution is 2.01. The number of rotatable bonds is 7. The second-order valence-corrected chi connectivity index (χ2v) is 3.14. The Kier molecular flexibility index (Phi) is 9.13. The summed E-state index contributed by atoms with van der Waals surface area (Å²) >= 11 is 0. The molecule has 0 saturated heterocycles. The van der Waals surface area contributed by atoms with Crippen LogP contribution in [0.3, 0.4) is 0 Å². The summed E-state index contributed by atoms with van der Waals surface area (Å²) in [6.07, 6.45) is 0. The molecule has 0 fully saturated rings. The summed E-state index contributed by atoms with van der Waals surface area (Å²) in [5, 5.41) is 11.6. The quantitative estimate of drug-likeness (QED) is 0.717. The number of aliphatic hydroxyl groups excluding tert-OH is 1. The number of halogens is 2. The Morgan fingerprint density at radius 2 is 1.88 bits per heavy atom. The molecule has 0 spiro atoms. The Morgan fingerprint density at radius 3 is 2.50 bits per heavy atom. The van der Waals surface area contributed by atoms with E-state index in [4.69, 9.17) is 9.84 Å². The van der Waals surface area contributed by atoms with Crippen LogP contribution in [0.1, 0.15) is 5.56 Å². The second-order valence-electron chi connectivity index (χ2n) is 3.14. The minimum absolute atomic E-state index is 0. The van der Waals surface area contributed by atoms with Crippen LogP contribution >= 0.6 is 12.4 Å². The zero-order chi connectivity index (χ0) is 10.9. The van der Waals surface area contributed by atoms with E-state index in [-0.39, 0.29) is 24.8 Å². The van der Waals surface area contributed by atoms with Crippen LogP contribution in [0, 0.1) is 5.82 Å². The fourth-order valence-corrected chi connectivity index (χ4v) is 1.15. The van der Waals surface area contributed by atoms with Crippen LogP contribution < -0.4 is 5.32 Å². The maximum Gasteiger partial charge on any atom is 0.123 e. The summed E-state index contributed by atoms with van der Waals surface area (Å²) < 4.78 is 17.6. The Morgan fingerprint density at radius 1 is 1.19 bits per heavy atom. The maximum atomic E-state index is 12.6. The standard InChI is InChI=1S/C11H16FNO2.ClH/c12-11-3-1-10(2-4-11)9-13-5-7-15-8-6-14;/h1-4,13-14H,5-9H2;1H. The van der Waals surface area contributed by atoms with E-state index in [9.17, 15) is 4.39 Å². The van der Waals surface area contributed by atoms with E-state index in [0.29, 0.717) is 19.8 Å². The molecule has 0 saturated carbocycles. The minimum atomic E-state index is -0.218. The number of hydrogen-bond donors (Lipinski definition) is 2. The molecule has 0 radical (unpaired) electrons. The molecule has 92 valence electrons. The third kappa shape index (κ3) is 6.74. The van der Waals surface area contributed by atoms with Gasteiger partial charge in [0, 0.05) is 13.1 Å². The molecule has 0 bridgehead atoms. The van der Waals surface area contributed by atoms with Gasteiger partial charge in [-0.2, -0.15) is 0 Å². The summed E-state index contributed by atoms with van der Waals surface area (Å²) in [6.45, 7) is 2.41. The molecule has 0 aliphatic heterocycles. The zero-order valence-corrected chi connectivity index (χ0v) is 9.80. The average molecular weight is 250 g/mol. The highest BCUT2D eigenvalue weighted by atomic mass is 35.5. The lowest BCUT2D eigenvalue weighted by molar-refractivity contribution is 0.0938. The molecule has 0 unspecified atom stereocenters. The summed E-state index contributed by atoms with van der Waals surface area (Å²) in [7, 11) is 0. The van der Waals surface area contributed by atoms with Gasteiger partial charge in [0.15, 0.2) is 0 Å². The third-order valence-electron chi connectivity index (χ3n) is 1.90. The monoisotopic (exact) mass is 249 g/mol. The first-order chi connectivity index (χ1) is 7.33. The van der Waals surface area contributed by atoms with Gasteiger partial charge in [0.1, 0.15) is 5.82 Å². The maximum absolute atomic E-state index is 12.6. The third-order valence-corrected chi connectivity index (χ3v) is 1.90. The first-order valence-electron chi connectivity index (χ1n) is 4.96. The van der Waals surface area contributed by atoms with Gasteiger partial charge in [-0.1, -0.05) is 12.1 Å². The molecule has 16 heavy (non-hydrogen) atoms. The number of benzene rings is 1. The van der Waals surface area contributed by atoms with Crippen molar-refractivity contribution in [1.29, 1.82) is 0 Å². The minimum Gasteiger partial charge on any atom is -0.394 e.